The summed E-state index contributed by atoms with van der Waals surface area (Å²) in [6.07, 6.45) is 1.78. The Morgan fingerprint density at radius 2 is 1.85 bits per heavy atom. The highest BCUT2D eigenvalue weighted by molar-refractivity contribution is 6.30. The quantitative estimate of drug-likeness (QED) is 0.601. The van der Waals surface area contributed by atoms with Crippen LogP contribution in [0.2, 0.25) is 5.02 Å². The van der Waals surface area contributed by atoms with Crippen molar-refractivity contribution in [2.24, 2.45) is 0 Å². The average Bonchev–Trinajstić information content (AvgIpc) is 2.37. The predicted octanol–water partition coefficient (Wildman–Crippen LogP) is 2.99. The third-order valence-electron chi connectivity index (χ3n) is 2.61. The highest BCUT2D eigenvalue weighted by atomic mass is 35.5. The molecule has 1 rings (SSSR count). The first-order valence-corrected chi connectivity index (χ1v) is 6.44. The molecule has 1 amide bonds. The number of carboxylic acid groups (broad SMARTS) is 1. The van der Waals surface area contributed by atoms with Crippen molar-refractivity contribution in [1.29, 1.82) is 0 Å². The Kier molecular flexibility index (Phi) is 6.38. The molecule has 20 heavy (non-hydrogen) atoms. The van der Waals surface area contributed by atoms with Crippen molar-refractivity contribution >= 4 is 23.5 Å². The lowest BCUT2D eigenvalue weighted by Gasteiger charge is -2.06. The first kappa shape index (κ1) is 16.4. The molecular formula is C13H14ClF2NO3. The number of carbonyl (C=O) groups is 2. The number of hydrogen-bond acceptors (Lipinski definition) is 2. The third kappa shape index (κ3) is 5.13. The van der Waals surface area contributed by atoms with Crippen LogP contribution in [0.4, 0.5) is 8.78 Å². The molecule has 0 bridgehead atoms. The first-order valence-electron chi connectivity index (χ1n) is 6.06. The molecule has 7 heteroatoms. The Morgan fingerprint density at radius 1 is 1.15 bits per heavy atom. The molecule has 0 saturated heterocycles. The van der Waals surface area contributed by atoms with Crippen LogP contribution in [0.3, 0.4) is 0 Å². The Hall–Kier alpha value is -1.69. The fraction of sp³-hybridized carbons (Fsp3) is 0.385. The van der Waals surface area contributed by atoms with E-state index >= 15 is 0 Å². The molecule has 0 aromatic heterocycles. The van der Waals surface area contributed by atoms with E-state index in [2.05, 4.69) is 5.32 Å². The normalized spacial score (nSPS) is 10.3. The standard InChI is InChI=1S/C13H14ClF2NO3/c14-9-7-10(15)8(6-11(9)16)13(20)17-5-3-1-2-4-12(18)19/h6-7H,1-5H2,(H,17,20)(H,18,19). The summed E-state index contributed by atoms with van der Waals surface area (Å²) in [6, 6.07) is 1.50. The summed E-state index contributed by atoms with van der Waals surface area (Å²) in [6.45, 7) is 0.266. The van der Waals surface area contributed by atoms with Gasteiger partial charge in [-0.15, -0.1) is 0 Å². The van der Waals surface area contributed by atoms with Crippen molar-refractivity contribution in [3.63, 3.8) is 0 Å². The molecule has 1 aromatic rings. The van der Waals surface area contributed by atoms with Gasteiger partial charge in [0, 0.05) is 13.0 Å². The van der Waals surface area contributed by atoms with Crippen molar-refractivity contribution < 1.29 is 23.5 Å². The van der Waals surface area contributed by atoms with Gasteiger partial charge in [-0.1, -0.05) is 18.0 Å². The molecule has 0 aliphatic rings. The molecule has 0 heterocycles. The number of carbonyl (C=O) groups excluding carboxylic acids is 1. The molecule has 0 unspecified atom stereocenters. The lowest BCUT2D eigenvalue weighted by Crippen LogP contribution is -2.25. The third-order valence-corrected chi connectivity index (χ3v) is 2.90. The Balaban J connectivity index is 2.40. The van der Waals surface area contributed by atoms with E-state index in [1.54, 1.807) is 0 Å². The zero-order chi connectivity index (χ0) is 15.1. The van der Waals surface area contributed by atoms with Crippen LogP contribution in [-0.4, -0.2) is 23.5 Å². The number of nitrogens with one attached hydrogen (secondary N) is 1. The summed E-state index contributed by atoms with van der Waals surface area (Å²) in [4.78, 5) is 21.9. The van der Waals surface area contributed by atoms with E-state index in [1.165, 1.54) is 0 Å². The minimum absolute atomic E-state index is 0.0744. The summed E-state index contributed by atoms with van der Waals surface area (Å²) in [5.41, 5.74) is -0.405. The second-order valence-corrected chi connectivity index (χ2v) is 4.61. The molecule has 0 aliphatic heterocycles. The van der Waals surface area contributed by atoms with Crippen LogP contribution >= 0.6 is 11.6 Å². The molecule has 4 nitrogen and oxygen atoms in total. The molecule has 0 saturated carbocycles. The zero-order valence-corrected chi connectivity index (χ0v) is 11.3. The minimum atomic E-state index is -0.889. The molecule has 0 aliphatic carbocycles. The van der Waals surface area contributed by atoms with Gasteiger partial charge >= 0.3 is 5.97 Å². The number of aliphatic carboxylic acids is 1. The van der Waals surface area contributed by atoms with Crippen LogP contribution in [0.25, 0.3) is 0 Å². The van der Waals surface area contributed by atoms with Gasteiger partial charge in [0.1, 0.15) is 11.6 Å². The molecular weight excluding hydrogens is 292 g/mol. The van der Waals surface area contributed by atoms with Gasteiger partial charge < -0.3 is 10.4 Å². The fourth-order valence-corrected chi connectivity index (χ4v) is 1.72. The van der Waals surface area contributed by atoms with E-state index in [4.69, 9.17) is 16.7 Å². The van der Waals surface area contributed by atoms with Crippen molar-refractivity contribution in [3.8, 4) is 0 Å². The summed E-state index contributed by atoms with van der Waals surface area (Å²) in [5.74, 6) is -3.34. The molecule has 0 spiro atoms. The highest BCUT2D eigenvalue weighted by Gasteiger charge is 2.14. The van der Waals surface area contributed by atoms with Gasteiger partial charge in [-0.05, 0) is 25.0 Å². The maximum atomic E-state index is 13.4. The Morgan fingerprint density at radius 3 is 2.50 bits per heavy atom. The first-order chi connectivity index (χ1) is 9.41. The molecule has 0 radical (unpaired) electrons. The number of unbranched alkanes of at least 4 members (excludes halogenated alkanes) is 2. The van der Waals surface area contributed by atoms with Crippen molar-refractivity contribution in [1.82, 2.24) is 5.32 Å². The smallest absolute Gasteiger partial charge is 0.303 e. The molecule has 0 atom stereocenters. The Labute approximate surface area is 119 Å². The second-order valence-electron chi connectivity index (χ2n) is 4.21. The van der Waals surface area contributed by atoms with E-state index in [1.807, 2.05) is 0 Å². The number of benzene rings is 1. The maximum Gasteiger partial charge on any atom is 0.303 e. The van der Waals surface area contributed by atoms with Crippen LogP contribution in [0.15, 0.2) is 12.1 Å². The largest absolute Gasteiger partial charge is 0.481 e. The van der Waals surface area contributed by atoms with Gasteiger partial charge in [-0.25, -0.2) is 8.78 Å². The topological polar surface area (TPSA) is 66.4 Å². The second kappa shape index (κ2) is 7.79. The van der Waals surface area contributed by atoms with Crippen LogP contribution in [0.1, 0.15) is 36.0 Å². The van der Waals surface area contributed by atoms with Crippen LogP contribution < -0.4 is 5.32 Å². The summed E-state index contributed by atoms with van der Waals surface area (Å²) in [5, 5.41) is 10.5. The summed E-state index contributed by atoms with van der Waals surface area (Å²) in [7, 11) is 0. The molecule has 1 aromatic carbocycles. The van der Waals surface area contributed by atoms with E-state index < -0.39 is 29.1 Å². The predicted molar refractivity (Wildman–Crippen MR) is 69.8 cm³/mol. The SMILES string of the molecule is O=C(O)CCCCCNC(=O)c1cc(F)c(Cl)cc1F. The molecule has 110 valence electrons. The highest BCUT2D eigenvalue weighted by Crippen LogP contribution is 2.19. The minimum Gasteiger partial charge on any atom is -0.481 e. The monoisotopic (exact) mass is 305 g/mol. The van der Waals surface area contributed by atoms with Gasteiger partial charge in [0.2, 0.25) is 0 Å². The van der Waals surface area contributed by atoms with Crippen LogP contribution in [0, 0.1) is 11.6 Å². The average molecular weight is 306 g/mol. The van der Waals surface area contributed by atoms with Gasteiger partial charge in [-0.2, -0.15) is 0 Å². The van der Waals surface area contributed by atoms with Crippen molar-refractivity contribution in [3.05, 3.63) is 34.4 Å². The van der Waals surface area contributed by atoms with Gasteiger partial charge in [0.15, 0.2) is 0 Å². The number of halogens is 3. The zero-order valence-electron chi connectivity index (χ0n) is 10.6. The Bertz CT molecular complexity index is 509. The fourth-order valence-electron chi connectivity index (χ4n) is 1.57. The number of amides is 1. The number of hydrogen-bond donors (Lipinski definition) is 2. The summed E-state index contributed by atoms with van der Waals surface area (Å²) < 4.78 is 26.6. The lowest BCUT2D eigenvalue weighted by atomic mass is 10.1. The van der Waals surface area contributed by atoms with Gasteiger partial charge in [0.05, 0.1) is 10.6 Å². The van der Waals surface area contributed by atoms with E-state index in [-0.39, 0.29) is 18.0 Å². The van der Waals surface area contributed by atoms with E-state index in [0.717, 1.165) is 12.1 Å². The van der Waals surface area contributed by atoms with Gasteiger partial charge in [0.25, 0.3) is 5.91 Å². The summed E-state index contributed by atoms with van der Waals surface area (Å²) >= 11 is 5.38. The van der Waals surface area contributed by atoms with Gasteiger partial charge in [-0.3, -0.25) is 9.59 Å². The van der Waals surface area contributed by atoms with E-state index in [9.17, 15) is 18.4 Å². The maximum absolute atomic E-state index is 13.4. The number of carboxylic acids is 1. The molecule has 2 N–H and O–H groups in total. The number of rotatable bonds is 7. The van der Waals surface area contributed by atoms with Crippen molar-refractivity contribution in [2.45, 2.75) is 25.7 Å². The van der Waals surface area contributed by atoms with Crippen LogP contribution in [0.5, 0.6) is 0 Å². The van der Waals surface area contributed by atoms with E-state index in [0.29, 0.717) is 19.3 Å². The van der Waals surface area contributed by atoms with Crippen molar-refractivity contribution in [2.75, 3.05) is 6.54 Å². The van der Waals surface area contributed by atoms with Crippen LogP contribution in [-0.2, 0) is 4.79 Å². The lowest BCUT2D eigenvalue weighted by molar-refractivity contribution is -0.137. The molecule has 0 fully saturated rings.